The summed E-state index contributed by atoms with van der Waals surface area (Å²) < 4.78 is 18.0. The standard InChI is InChI=1S/C54H44N6O3/c1-8-22-55-24-20-41-36-59-54-40(13-6)32-45(34-48(41)54)61-30-16-26-60(25-10-3)27-21-42-37-57-49-18-19-51(46(14-7)53(42)49)63-29-15-17-44(56-23-9-2)31-43-38-58-50-33-39(12-5)52(35-47(43)50)62-28-11-4/h1-7,18-19,32-38,44,55-59H,20-25,27-31H2. The van der Waals surface area contributed by atoms with Gasteiger partial charge in [0.2, 0.25) is 0 Å². The summed E-state index contributed by atoms with van der Waals surface area (Å²) in [5.41, 5.74) is 7.71. The van der Waals surface area contributed by atoms with Gasteiger partial charge in [-0.05, 0) is 71.9 Å². The number of nitrogens with one attached hydrogen (secondary N) is 5. The van der Waals surface area contributed by atoms with Crippen molar-refractivity contribution in [1.82, 2.24) is 30.5 Å². The molecule has 0 amide bonds. The first-order valence-corrected chi connectivity index (χ1v) is 20.0. The summed E-state index contributed by atoms with van der Waals surface area (Å²) in [5.74, 6) is 29.9. The molecule has 6 rings (SSSR count). The van der Waals surface area contributed by atoms with Crippen LogP contribution in [0.2, 0.25) is 0 Å². The lowest BCUT2D eigenvalue weighted by Crippen LogP contribution is -2.30. The van der Waals surface area contributed by atoms with Crippen LogP contribution in [0.4, 0.5) is 0 Å². The maximum Gasteiger partial charge on any atom is 0.150 e. The number of fused-ring (bicyclic) bond motifs is 3. The van der Waals surface area contributed by atoms with Crippen LogP contribution in [0.15, 0.2) is 55.0 Å². The van der Waals surface area contributed by atoms with Crippen molar-refractivity contribution in [3.63, 3.8) is 0 Å². The van der Waals surface area contributed by atoms with Gasteiger partial charge in [-0.3, -0.25) is 5.32 Å². The molecule has 6 aromatic rings. The second-order valence-electron chi connectivity index (χ2n) is 14.1. The average molecular weight is 825 g/mol. The molecule has 5 N–H and O–H groups in total. The molecular formula is C54H44N6O3. The lowest BCUT2D eigenvalue weighted by Gasteiger charge is -2.15. The first-order valence-electron chi connectivity index (χ1n) is 20.0. The van der Waals surface area contributed by atoms with Gasteiger partial charge in [0.25, 0.3) is 0 Å². The zero-order valence-electron chi connectivity index (χ0n) is 34.8. The van der Waals surface area contributed by atoms with Crippen molar-refractivity contribution < 1.29 is 14.2 Å². The number of H-pyrrole nitrogens is 3. The van der Waals surface area contributed by atoms with Crippen molar-refractivity contribution in [2.24, 2.45) is 0 Å². The third-order valence-electron chi connectivity index (χ3n) is 10.1. The third-order valence-corrected chi connectivity index (χ3v) is 10.1. The van der Waals surface area contributed by atoms with Crippen LogP contribution in [0.1, 0.15) is 33.4 Å². The van der Waals surface area contributed by atoms with Crippen LogP contribution in [-0.2, 0) is 19.3 Å². The Balaban J connectivity index is 1.10. The van der Waals surface area contributed by atoms with E-state index in [9.17, 15) is 0 Å². The molecule has 0 saturated heterocycles. The molecule has 0 aliphatic rings. The predicted molar refractivity (Wildman–Crippen MR) is 253 cm³/mol. The van der Waals surface area contributed by atoms with Crippen LogP contribution < -0.4 is 24.8 Å². The van der Waals surface area contributed by atoms with E-state index in [1.807, 2.05) is 59.9 Å². The normalized spacial score (nSPS) is 10.6. The number of nitrogens with zero attached hydrogens (tertiary/aromatic N) is 1. The third kappa shape index (κ3) is 11.0. The smallest absolute Gasteiger partial charge is 0.150 e. The van der Waals surface area contributed by atoms with E-state index in [4.69, 9.17) is 59.2 Å². The lowest BCUT2D eigenvalue weighted by atomic mass is 10.0. The molecule has 63 heavy (non-hydrogen) atoms. The van der Waals surface area contributed by atoms with E-state index in [-0.39, 0.29) is 25.9 Å². The number of aromatic nitrogens is 3. The Kier molecular flexibility index (Phi) is 15.5. The Morgan fingerprint density at radius 3 is 2.21 bits per heavy atom. The quantitative estimate of drug-likeness (QED) is 0.0441. The van der Waals surface area contributed by atoms with Crippen molar-refractivity contribution in [1.29, 1.82) is 0 Å². The zero-order valence-corrected chi connectivity index (χ0v) is 34.8. The van der Waals surface area contributed by atoms with Gasteiger partial charge in [-0.2, -0.15) is 0 Å². The molecule has 9 nitrogen and oxygen atoms in total. The van der Waals surface area contributed by atoms with Gasteiger partial charge in [-0.15, -0.1) is 45.0 Å². The highest BCUT2D eigenvalue weighted by atomic mass is 16.5. The summed E-state index contributed by atoms with van der Waals surface area (Å²) in [4.78, 5) is 11.8. The molecule has 0 radical (unpaired) electrons. The largest absolute Gasteiger partial charge is 0.481 e. The molecule has 0 bridgehead atoms. The molecule has 3 aromatic carbocycles. The average Bonchev–Trinajstić information content (AvgIpc) is 4.04. The van der Waals surface area contributed by atoms with Crippen molar-refractivity contribution in [3.05, 3.63) is 88.4 Å². The van der Waals surface area contributed by atoms with Gasteiger partial charge in [-0.1, -0.05) is 53.3 Å². The van der Waals surface area contributed by atoms with E-state index < -0.39 is 0 Å². The van der Waals surface area contributed by atoms with Crippen molar-refractivity contribution in [2.75, 3.05) is 52.5 Å². The van der Waals surface area contributed by atoms with Crippen molar-refractivity contribution >= 4 is 32.7 Å². The van der Waals surface area contributed by atoms with Gasteiger partial charge >= 0.3 is 0 Å². The SMILES string of the molecule is C#CCNCCc1c[nH]c2c(C#C)cc(OCC#CN(CC#C)CCc3c[nH]c4ccc(OCC#CC(Cc5c[nH]c6cc(C#C)c(OCC#C)cc56)NCC#C)c(C#C)c34)cc12. The Hall–Kier alpha value is -8.56. The van der Waals surface area contributed by atoms with Crippen molar-refractivity contribution in [2.45, 2.75) is 25.3 Å². The van der Waals surface area contributed by atoms with Crippen molar-refractivity contribution in [3.8, 4) is 127 Å². The molecule has 9 heteroatoms. The number of aromatic amines is 3. The van der Waals surface area contributed by atoms with E-state index >= 15 is 0 Å². The van der Waals surface area contributed by atoms with Gasteiger partial charge in [0, 0.05) is 71.3 Å². The van der Waals surface area contributed by atoms with Gasteiger partial charge in [0.05, 0.1) is 47.9 Å². The maximum absolute atomic E-state index is 6.18. The first-order chi connectivity index (χ1) is 30.9. The Bertz CT molecular complexity index is 3050. The Morgan fingerprint density at radius 2 is 1.43 bits per heavy atom. The predicted octanol–water partition coefficient (Wildman–Crippen LogP) is 5.59. The van der Waals surface area contributed by atoms with Gasteiger partial charge in [0.15, 0.2) is 6.61 Å². The lowest BCUT2D eigenvalue weighted by molar-refractivity contribution is 0.368. The molecule has 3 aromatic heterocycles. The summed E-state index contributed by atoms with van der Waals surface area (Å²) in [7, 11) is 0. The number of terminal acetylenes is 7. The van der Waals surface area contributed by atoms with Gasteiger partial charge in [-0.25, -0.2) is 0 Å². The highest BCUT2D eigenvalue weighted by molar-refractivity contribution is 5.92. The second kappa shape index (κ2) is 22.2. The van der Waals surface area contributed by atoms with Crippen LogP contribution in [0.25, 0.3) is 32.7 Å². The minimum atomic E-state index is -0.279. The van der Waals surface area contributed by atoms with E-state index in [0.717, 1.165) is 62.4 Å². The molecule has 0 spiro atoms. The fourth-order valence-corrected chi connectivity index (χ4v) is 7.17. The fraction of sp³-hybridized carbons (Fsp3) is 0.222. The maximum atomic E-state index is 6.18. The van der Waals surface area contributed by atoms with Crippen LogP contribution in [0, 0.1) is 110 Å². The summed E-state index contributed by atoms with van der Waals surface area (Å²) in [6.07, 6.45) is 47.6. The van der Waals surface area contributed by atoms with E-state index in [1.54, 1.807) is 0 Å². The number of rotatable bonds is 18. The summed E-state index contributed by atoms with van der Waals surface area (Å²) in [5, 5.41) is 9.37. The van der Waals surface area contributed by atoms with Crippen LogP contribution in [0.3, 0.4) is 0 Å². The zero-order chi connectivity index (χ0) is 44.4. The fourth-order valence-electron chi connectivity index (χ4n) is 7.17. The van der Waals surface area contributed by atoms with Gasteiger partial charge < -0.3 is 39.4 Å². The summed E-state index contributed by atoms with van der Waals surface area (Å²) in [6.45, 7) is 2.79. The van der Waals surface area contributed by atoms with Crippen LogP contribution in [-0.4, -0.2) is 78.4 Å². The van der Waals surface area contributed by atoms with E-state index in [2.05, 4.69) is 90.8 Å². The molecule has 1 unspecified atom stereocenters. The number of hydrogen-bond acceptors (Lipinski definition) is 6. The molecule has 0 aliphatic heterocycles. The second-order valence-corrected chi connectivity index (χ2v) is 14.1. The van der Waals surface area contributed by atoms with Crippen LogP contribution in [0.5, 0.6) is 17.2 Å². The monoisotopic (exact) mass is 824 g/mol. The summed E-state index contributed by atoms with van der Waals surface area (Å²) in [6, 6.07) is 14.2. The van der Waals surface area contributed by atoms with Crippen LogP contribution >= 0.6 is 0 Å². The van der Waals surface area contributed by atoms with Gasteiger partial charge in [0.1, 0.15) is 30.5 Å². The topological polar surface area (TPSA) is 102 Å². The molecule has 308 valence electrons. The number of ether oxygens (including phenoxy) is 3. The van der Waals surface area contributed by atoms with E-state index in [1.165, 1.54) is 0 Å². The minimum Gasteiger partial charge on any atom is -0.481 e. The Morgan fingerprint density at radius 1 is 0.651 bits per heavy atom. The molecule has 3 heterocycles. The number of benzene rings is 3. The Labute approximate surface area is 369 Å². The molecule has 0 fully saturated rings. The molecule has 0 saturated carbocycles. The molecular weight excluding hydrogens is 781 g/mol. The highest BCUT2D eigenvalue weighted by Crippen LogP contribution is 2.32. The molecule has 0 aliphatic carbocycles. The van der Waals surface area contributed by atoms with E-state index in [0.29, 0.717) is 73.0 Å². The minimum absolute atomic E-state index is 0.0974. The first kappa shape index (κ1) is 44.0. The number of hydrogen-bond donors (Lipinski definition) is 5. The molecule has 1 atom stereocenters. The highest BCUT2D eigenvalue weighted by Gasteiger charge is 2.16. The summed E-state index contributed by atoms with van der Waals surface area (Å²) >= 11 is 0.